The van der Waals surface area contributed by atoms with Crippen molar-refractivity contribution in [2.45, 2.75) is 38.3 Å². The summed E-state index contributed by atoms with van der Waals surface area (Å²) in [6, 6.07) is 14.6. The van der Waals surface area contributed by atoms with Gasteiger partial charge in [-0.2, -0.15) is 15.9 Å². The predicted molar refractivity (Wildman–Crippen MR) is 133 cm³/mol. The average molecular weight is 478 g/mol. The van der Waals surface area contributed by atoms with Gasteiger partial charge >= 0.3 is 0 Å². The standard InChI is InChI=1S/C26H32FN7O/c1-19-16-23(7-4-21(19)18-28)34-25(20-2-5-22(27)6-3-20)17-26(29-34)31-12-14-33(15-13-31)30-32-10-8-24(35)9-11-32/h2-7,16,24-25,30,35H,8-15,17H2,1H3. The van der Waals surface area contributed by atoms with Gasteiger partial charge in [-0.3, -0.25) is 5.01 Å². The molecule has 2 fully saturated rings. The smallest absolute Gasteiger partial charge is 0.128 e. The minimum absolute atomic E-state index is 0.0335. The number of hydrazone groups is 1. The van der Waals surface area contributed by atoms with Gasteiger partial charge in [-0.15, -0.1) is 0 Å². The Balaban J connectivity index is 1.30. The van der Waals surface area contributed by atoms with Crippen LogP contribution < -0.4 is 10.5 Å². The minimum atomic E-state index is -0.250. The average Bonchev–Trinajstić information content (AvgIpc) is 3.32. The van der Waals surface area contributed by atoms with E-state index in [9.17, 15) is 14.8 Å². The van der Waals surface area contributed by atoms with E-state index in [4.69, 9.17) is 5.10 Å². The fraction of sp³-hybridized carbons (Fsp3) is 0.462. The largest absolute Gasteiger partial charge is 0.393 e. The maximum atomic E-state index is 13.6. The molecule has 1 atom stereocenters. The second-order valence-corrected chi connectivity index (χ2v) is 9.54. The lowest BCUT2D eigenvalue weighted by Crippen LogP contribution is -2.59. The van der Waals surface area contributed by atoms with Crippen molar-refractivity contribution in [2.24, 2.45) is 5.10 Å². The lowest BCUT2D eigenvalue weighted by atomic mass is 10.0. The number of hydrogen-bond donors (Lipinski definition) is 2. The number of anilines is 1. The third-order valence-electron chi connectivity index (χ3n) is 7.14. The van der Waals surface area contributed by atoms with Crippen LogP contribution in [0.3, 0.4) is 0 Å². The van der Waals surface area contributed by atoms with Gasteiger partial charge in [-0.25, -0.2) is 14.4 Å². The second-order valence-electron chi connectivity index (χ2n) is 9.54. The van der Waals surface area contributed by atoms with Gasteiger partial charge in [0.25, 0.3) is 0 Å². The molecule has 0 bridgehead atoms. The van der Waals surface area contributed by atoms with Gasteiger partial charge in [0.1, 0.15) is 11.7 Å². The van der Waals surface area contributed by atoms with Crippen LogP contribution in [0.4, 0.5) is 10.1 Å². The first-order chi connectivity index (χ1) is 17.0. The zero-order valence-electron chi connectivity index (χ0n) is 20.1. The van der Waals surface area contributed by atoms with Crippen LogP contribution in [0.2, 0.25) is 0 Å². The van der Waals surface area contributed by atoms with E-state index < -0.39 is 0 Å². The Morgan fingerprint density at radius 3 is 2.34 bits per heavy atom. The highest BCUT2D eigenvalue weighted by atomic mass is 19.1. The van der Waals surface area contributed by atoms with Crippen molar-refractivity contribution >= 4 is 11.5 Å². The topological polar surface area (TPSA) is 81.4 Å². The first-order valence-electron chi connectivity index (χ1n) is 12.3. The molecule has 3 heterocycles. The van der Waals surface area contributed by atoms with E-state index >= 15 is 0 Å². The Kier molecular flexibility index (Phi) is 6.97. The zero-order chi connectivity index (χ0) is 24.4. The van der Waals surface area contributed by atoms with Crippen molar-refractivity contribution in [3.8, 4) is 6.07 Å². The number of benzene rings is 2. The van der Waals surface area contributed by atoms with Crippen LogP contribution in [0.1, 0.15) is 42.0 Å². The molecule has 1 unspecified atom stereocenters. The normalized spacial score (nSPS) is 22.3. The molecule has 35 heavy (non-hydrogen) atoms. The van der Waals surface area contributed by atoms with Crippen molar-refractivity contribution in [3.63, 3.8) is 0 Å². The van der Waals surface area contributed by atoms with Gasteiger partial charge in [-0.05, 0) is 61.2 Å². The molecule has 0 aliphatic carbocycles. The van der Waals surface area contributed by atoms with Gasteiger partial charge in [0.15, 0.2) is 0 Å². The van der Waals surface area contributed by atoms with Crippen LogP contribution in [0.15, 0.2) is 47.6 Å². The number of hydrazine groups is 2. The maximum Gasteiger partial charge on any atom is 0.128 e. The summed E-state index contributed by atoms with van der Waals surface area (Å²) in [5, 5.41) is 30.5. The van der Waals surface area contributed by atoms with Crippen molar-refractivity contribution in [1.29, 1.82) is 5.26 Å². The number of nitrogens with one attached hydrogen (secondary N) is 1. The summed E-state index contributed by atoms with van der Waals surface area (Å²) in [7, 11) is 0. The van der Waals surface area contributed by atoms with Crippen LogP contribution in [-0.2, 0) is 0 Å². The Labute approximate surface area is 205 Å². The highest BCUT2D eigenvalue weighted by molar-refractivity contribution is 5.87. The summed E-state index contributed by atoms with van der Waals surface area (Å²) in [5.41, 5.74) is 7.01. The van der Waals surface area contributed by atoms with Crippen LogP contribution >= 0.6 is 0 Å². The summed E-state index contributed by atoms with van der Waals surface area (Å²) in [4.78, 5) is 2.34. The molecule has 5 rings (SSSR count). The monoisotopic (exact) mass is 477 g/mol. The number of nitrogens with zero attached hydrogens (tertiary/aromatic N) is 6. The molecule has 0 spiro atoms. The van der Waals surface area contributed by atoms with Crippen molar-refractivity contribution in [3.05, 3.63) is 65.0 Å². The zero-order valence-corrected chi connectivity index (χ0v) is 20.1. The molecular weight excluding hydrogens is 445 g/mol. The Bertz CT molecular complexity index is 1100. The highest BCUT2D eigenvalue weighted by Gasteiger charge is 2.33. The lowest BCUT2D eigenvalue weighted by Gasteiger charge is -2.40. The van der Waals surface area contributed by atoms with Crippen LogP contribution in [0, 0.1) is 24.1 Å². The number of hydrogen-bond acceptors (Lipinski definition) is 8. The number of halogens is 1. The van der Waals surface area contributed by atoms with E-state index in [0.29, 0.717) is 5.56 Å². The van der Waals surface area contributed by atoms with E-state index in [0.717, 1.165) is 81.2 Å². The Morgan fingerprint density at radius 2 is 1.69 bits per heavy atom. The van der Waals surface area contributed by atoms with Gasteiger partial charge in [-0.1, -0.05) is 12.1 Å². The van der Waals surface area contributed by atoms with Gasteiger partial charge < -0.3 is 10.0 Å². The van der Waals surface area contributed by atoms with Crippen molar-refractivity contribution in [1.82, 2.24) is 20.5 Å². The summed E-state index contributed by atoms with van der Waals surface area (Å²) in [5.74, 6) is 0.780. The van der Waals surface area contributed by atoms with Crippen molar-refractivity contribution in [2.75, 3.05) is 44.3 Å². The SMILES string of the molecule is Cc1cc(N2N=C(N3CCN(NN4CCC(O)CC4)CC3)CC2c2ccc(F)cc2)ccc1C#N. The number of aryl methyl sites for hydroxylation is 1. The predicted octanol–water partition coefficient (Wildman–Crippen LogP) is 2.76. The molecule has 9 heteroatoms. The summed E-state index contributed by atoms with van der Waals surface area (Å²) < 4.78 is 13.6. The second kappa shape index (κ2) is 10.3. The van der Waals surface area contributed by atoms with E-state index in [1.165, 1.54) is 12.1 Å². The first kappa shape index (κ1) is 23.7. The molecular formula is C26H32FN7O. The molecule has 2 saturated heterocycles. The summed E-state index contributed by atoms with van der Waals surface area (Å²) in [6.07, 6.45) is 2.17. The number of aliphatic hydroxyl groups excluding tert-OH is 1. The molecule has 3 aliphatic rings. The summed E-state index contributed by atoms with van der Waals surface area (Å²) in [6.45, 7) is 7.10. The molecule has 184 valence electrons. The molecule has 8 nitrogen and oxygen atoms in total. The Hall–Kier alpha value is -3.03. The third-order valence-corrected chi connectivity index (χ3v) is 7.14. The van der Waals surface area contributed by atoms with Crippen LogP contribution in [0.25, 0.3) is 0 Å². The highest BCUT2D eigenvalue weighted by Crippen LogP contribution is 2.36. The van der Waals surface area contributed by atoms with E-state index in [1.807, 2.05) is 42.3 Å². The van der Waals surface area contributed by atoms with Crippen LogP contribution in [0.5, 0.6) is 0 Å². The number of rotatable bonds is 4. The van der Waals surface area contributed by atoms with Gasteiger partial charge in [0.05, 0.1) is 29.5 Å². The quantitative estimate of drug-likeness (QED) is 0.701. The number of piperazine rings is 1. The fourth-order valence-corrected chi connectivity index (χ4v) is 5.01. The van der Waals surface area contributed by atoms with E-state index in [2.05, 4.69) is 26.5 Å². The number of piperidine rings is 1. The molecule has 2 aromatic rings. The molecule has 2 aromatic carbocycles. The number of aliphatic hydroxyl groups is 1. The van der Waals surface area contributed by atoms with Crippen LogP contribution in [-0.4, -0.2) is 71.2 Å². The minimum Gasteiger partial charge on any atom is -0.393 e. The molecule has 3 aliphatic heterocycles. The maximum absolute atomic E-state index is 13.6. The molecule has 0 aromatic heterocycles. The first-order valence-corrected chi connectivity index (χ1v) is 12.3. The molecule has 0 radical (unpaired) electrons. The van der Waals surface area contributed by atoms with Gasteiger partial charge in [0.2, 0.25) is 0 Å². The van der Waals surface area contributed by atoms with E-state index in [-0.39, 0.29) is 18.0 Å². The number of amidine groups is 1. The molecule has 2 N–H and O–H groups in total. The third kappa shape index (κ3) is 5.31. The van der Waals surface area contributed by atoms with Crippen molar-refractivity contribution < 1.29 is 9.50 Å². The fourth-order valence-electron chi connectivity index (χ4n) is 5.01. The number of nitriles is 1. The lowest BCUT2D eigenvalue weighted by molar-refractivity contribution is -0.0316. The van der Waals surface area contributed by atoms with E-state index in [1.54, 1.807) is 0 Å². The summed E-state index contributed by atoms with van der Waals surface area (Å²) >= 11 is 0. The molecule has 0 amide bonds. The Morgan fingerprint density at radius 1 is 1.00 bits per heavy atom. The molecule has 0 saturated carbocycles. The van der Waals surface area contributed by atoms with Gasteiger partial charge in [0, 0.05) is 45.7 Å².